The Bertz CT molecular complexity index is 380. The highest BCUT2D eigenvalue weighted by molar-refractivity contribution is 6.06. The van der Waals surface area contributed by atoms with Gasteiger partial charge in [0, 0.05) is 0 Å². The van der Waals surface area contributed by atoms with Crippen LogP contribution >= 0.6 is 0 Å². The van der Waals surface area contributed by atoms with E-state index in [0.29, 0.717) is 0 Å². The zero-order valence-corrected chi connectivity index (χ0v) is 10.2. The van der Waals surface area contributed by atoms with Crippen molar-refractivity contribution in [2.75, 3.05) is 6.54 Å². The molecule has 98 valence electrons. The number of aliphatic hydroxyl groups excluding tert-OH is 1. The largest absolute Gasteiger partial charge is 0.383 e. The third-order valence-corrected chi connectivity index (χ3v) is 3.82. The van der Waals surface area contributed by atoms with Crippen molar-refractivity contribution in [1.82, 2.24) is 4.90 Å². The third-order valence-electron chi connectivity index (χ3n) is 3.82. The number of amides is 2. The maximum Gasteiger partial charge on any atom is 0.233 e. The molecule has 2 aliphatic rings. The number of carbonyl (C=O) groups excluding carboxylic acids is 3. The van der Waals surface area contributed by atoms with Crippen LogP contribution in [0.5, 0.6) is 0 Å². The molecule has 3 unspecified atom stereocenters. The van der Waals surface area contributed by atoms with Gasteiger partial charge in [-0.1, -0.05) is 19.4 Å². The van der Waals surface area contributed by atoms with E-state index in [9.17, 15) is 19.5 Å². The summed E-state index contributed by atoms with van der Waals surface area (Å²) in [6, 6.07) is 0. The molecular formula is C13H17NO4. The summed E-state index contributed by atoms with van der Waals surface area (Å²) in [5, 5.41) is 9.58. The fourth-order valence-electron chi connectivity index (χ4n) is 2.81. The number of likely N-dealkylation sites (tertiary alicyclic amines) is 1. The Hall–Kier alpha value is -1.49. The van der Waals surface area contributed by atoms with Gasteiger partial charge in [-0.05, 0) is 18.9 Å². The Labute approximate surface area is 105 Å². The Kier molecular flexibility index (Phi) is 3.61. The second-order valence-electron chi connectivity index (χ2n) is 4.91. The first-order chi connectivity index (χ1) is 8.56. The number of imide groups is 1. The summed E-state index contributed by atoms with van der Waals surface area (Å²) in [6.45, 7) is 3.03. The molecular weight excluding hydrogens is 234 g/mol. The average molecular weight is 251 g/mol. The fraction of sp³-hybridized carbons (Fsp3) is 0.615. The van der Waals surface area contributed by atoms with Gasteiger partial charge in [-0.2, -0.15) is 0 Å². The van der Waals surface area contributed by atoms with Crippen molar-refractivity contribution in [2.45, 2.75) is 31.8 Å². The number of carbonyl (C=O) groups is 3. The van der Waals surface area contributed by atoms with Crippen LogP contribution in [0.1, 0.15) is 25.7 Å². The summed E-state index contributed by atoms with van der Waals surface area (Å²) in [5.74, 6) is -1.51. The molecule has 2 rings (SSSR count). The molecule has 1 saturated heterocycles. The van der Waals surface area contributed by atoms with E-state index < -0.39 is 11.9 Å². The van der Waals surface area contributed by atoms with Crippen LogP contribution in [-0.2, 0) is 14.4 Å². The SMILES string of the molecule is C=CC(=O)C(O)CN1C(=O)C2CCCCC2C1=O. The van der Waals surface area contributed by atoms with Crippen LogP contribution in [0.25, 0.3) is 0 Å². The number of β-amino-alcohol motifs (C(OH)–C–C–N with tert-alkyl or cyclic N) is 1. The highest BCUT2D eigenvalue weighted by atomic mass is 16.3. The maximum atomic E-state index is 12.1. The lowest BCUT2D eigenvalue weighted by Crippen LogP contribution is -2.40. The minimum atomic E-state index is -1.35. The Morgan fingerprint density at radius 3 is 2.28 bits per heavy atom. The minimum Gasteiger partial charge on any atom is -0.383 e. The standard InChI is InChI=1S/C13H17NO4/c1-2-10(15)11(16)7-14-12(17)8-5-3-4-6-9(8)13(14)18/h2,8-9,11,16H,1,3-7H2. The Morgan fingerprint density at radius 2 is 1.83 bits per heavy atom. The van der Waals surface area contributed by atoms with E-state index >= 15 is 0 Å². The lowest BCUT2D eigenvalue weighted by atomic mass is 9.81. The van der Waals surface area contributed by atoms with E-state index in [1.165, 1.54) is 0 Å². The molecule has 0 radical (unpaired) electrons. The number of ketones is 1. The second-order valence-corrected chi connectivity index (χ2v) is 4.91. The number of rotatable bonds is 4. The van der Waals surface area contributed by atoms with Crippen LogP contribution in [0.4, 0.5) is 0 Å². The van der Waals surface area contributed by atoms with Gasteiger partial charge in [0.05, 0.1) is 18.4 Å². The first-order valence-electron chi connectivity index (χ1n) is 6.26. The fourth-order valence-corrected chi connectivity index (χ4v) is 2.81. The maximum absolute atomic E-state index is 12.1. The van der Waals surface area contributed by atoms with Crippen LogP contribution in [-0.4, -0.2) is 40.3 Å². The van der Waals surface area contributed by atoms with Gasteiger partial charge in [0.1, 0.15) is 6.10 Å². The summed E-state index contributed by atoms with van der Waals surface area (Å²) in [6.07, 6.45) is 3.04. The summed E-state index contributed by atoms with van der Waals surface area (Å²) < 4.78 is 0. The predicted octanol–water partition coefficient (Wildman–Crippen LogP) is 0.278. The molecule has 2 fully saturated rings. The smallest absolute Gasteiger partial charge is 0.233 e. The van der Waals surface area contributed by atoms with Crippen molar-refractivity contribution >= 4 is 17.6 Å². The van der Waals surface area contributed by atoms with Crippen molar-refractivity contribution in [3.05, 3.63) is 12.7 Å². The number of hydrogen-bond acceptors (Lipinski definition) is 4. The normalized spacial score (nSPS) is 29.1. The lowest BCUT2D eigenvalue weighted by Gasteiger charge is -2.19. The number of fused-ring (bicyclic) bond motifs is 1. The monoisotopic (exact) mass is 251 g/mol. The van der Waals surface area contributed by atoms with Gasteiger partial charge >= 0.3 is 0 Å². The Morgan fingerprint density at radius 1 is 1.33 bits per heavy atom. The summed E-state index contributed by atoms with van der Waals surface area (Å²) in [5.41, 5.74) is 0. The van der Waals surface area contributed by atoms with Crippen molar-refractivity contribution < 1.29 is 19.5 Å². The molecule has 1 aliphatic heterocycles. The molecule has 0 bridgehead atoms. The molecule has 5 heteroatoms. The topological polar surface area (TPSA) is 74.7 Å². The van der Waals surface area contributed by atoms with E-state index in [1.807, 2.05) is 0 Å². The lowest BCUT2D eigenvalue weighted by molar-refractivity contribution is -0.142. The highest BCUT2D eigenvalue weighted by Gasteiger charge is 2.48. The Balaban J connectivity index is 2.09. The number of hydrogen-bond donors (Lipinski definition) is 1. The van der Waals surface area contributed by atoms with Gasteiger partial charge in [-0.25, -0.2) is 0 Å². The van der Waals surface area contributed by atoms with E-state index in [4.69, 9.17) is 0 Å². The van der Waals surface area contributed by atoms with Gasteiger partial charge in [0.2, 0.25) is 11.8 Å². The number of nitrogens with zero attached hydrogens (tertiary/aromatic N) is 1. The van der Waals surface area contributed by atoms with Gasteiger partial charge in [0.25, 0.3) is 0 Å². The van der Waals surface area contributed by atoms with E-state index in [0.717, 1.165) is 36.7 Å². The molecule has 18 heavy (non-hydrogen) atoms. The van der Waals surface area contributed by atoms with Crippen LogP contribution in [0.3, 0.4) is 0 Å². The molecule has 0 aromatic carbocycles. The minimum absolute atomic E-state index is 0.236. The molecule has 1 N–H and O–H groups in total. The van der Waals surface area contributed by atoms with Crippen LogP contribution in [0.15, 0.2) is 12.7 Å². The van der Waals surface area contributed by atoms with Crippen molar-refractivity contribution in [1.29, 1.82) is 0 Å². The molecule has 2 amide bonds. The van der Waals surface area contributed by atoms with Gasteiger partial charge < -0.3 is 5.11 Å². The van der Waals surface area contributed by atoms with E-state index in [2.05, 4.69) is 6.58 Å². The number of aliphatic hydroxyl groups is 1. The first-order valence-corrected chi connectivity index (χ1v) is 6.26. The van der Waals surface area contributed by atoms with Crippen molar-refractivity contribution in [3.8, 4) is 0 Å². The average Bonchev–Trinajstić information content (AvgIpc) is 2.63. The van der Waals surface area contributed by atoms with E-state index in [1.54, 1.807) is 0 Å². The molecule has 0 spiro atoms. The third kappa shape index (κ3) is 2.10. The quantitative estimate of drug-likeness (QED) is 0.575. The van der Waals surface area contributed by atoms with E-state index in [-0.39, 0.29) is 30.2 Å². The molecule has 1 saturated carbocycles. The molecule has 0 aromatic rings. The van der Waals surface area contributed by atoms with Crippen LogP contribution in [0.2, 0.25) is 0 Å². The first kappa shape index (κ1) is 13.0. The van der Waals surface area contributed by atoms with Crippen LogP contribution < -0.4 is 0 Å². The highest BCUT2D eigenvalue weighted by Crippen LogP contribution is 2.37. The molecule has 5 nitrogen and oxygen atoms in total. The molecule has 1 heterocycles. The van der Waals surface area contributed by atoms with Gasteiger partial charge in [0.15, 0.2) is 5.78 Å². The molecule has 3 atom stereocenters. The van der Waals surface area contributed by atoms with Crippen LogP contribution in [0, 0.1) is 11.8 Å². The molecule has 1 aliphatic carbocycles. The molecule has 0 aromatic heterocycles. The zero-order valence-electron chi connectivity index (χ0n) is 10.2. The summed E-state index contributed by atoms with van der Waals surface area (Å²) in [4.78, 5) is 36.4. The second kappa shape index (κ2) is 5.02. The van der Waals surface area contributed by atoms with Crippen molar-refractivity contribution in [3.63, 3.8) is 0 Å². The summed E-state index contributed by atoms with van der Waals surface area (Å²) in [7, 11) is 0. The predicted molar refractivity (Wildman–Crippen MR) is 63.4 cm³/mol. The summed E-state index contributed by atoms with van der Waals surface area (Å²) >= 11 is 0. The van der Waals surface area contributed by atoms with Crippen molar-refractivity contribution in [2.24, 2.45) is 11.8 Å². The van der Waals surface area contributed by atoms with Gasteiger partial charge in [-0.3, -0.25) is 19.3 Å². The zero-order chi connectivity index (χ0) is 13.3. The van der Waals surface area contributed by atoms with Gasteiger partial charge in [-0.15, -0.1) is 0 Å².